The van der Waals surface area contributed by atoms with Crippen LogP contribution in [0.15, 0.2) is 18.2 Å². The molecule has 0 unspecified atom stereocenters. The zero-order valence-corrected chi connectivity index (χ0v) is 11.6. The summed E-state index contributed by atoms with van der Waals surface area (Å²) in [5.74, 6) is 4.01. The minimum Gasteiger partial charge on any atom is -0.508 e. The van der Waals surface area contributed by atoms with Crippen LogP contribution in [-0.2, 0) is 5.41 Å². The fourth-order valence-electron chi connectivity index (χ4n) is 5.56. The van der Waals surface area contributed by atoms with E-state index >= 15 is 0 Å². The zero-order valence-electron chi connectivity index (χ0n) is 11.6. The molecule has 4 bridgehead atoms. The second-order valence-electron chi connectivity index (χ2n) is 7.08. The number of hydrogen-bond acceptors (Lipinski definition) is 2. The van der Waals surface area contributed by atoms with Crippen molar-refractivity contribution in [3.05, 3.63) is 23.8 Å². The maximum Gasteiger partial charge on any atom is 0.126 e. The molecule has 0 atom stereocenters. The maximum atomic E-state index is 9.67. The average molecular weight is 258 g/mol. The molecular formula is C17H22O2. The normalized spacial score (nSPS) is 39.5. The first-order valence-corrected chi connectivity index (χ1v) is 7.56. The van der Waals surface area contributed by atoms with Crippen molar-refractivity contribution in [3.63, 3.8) is 0 Å². The van der Waals surface area contributed by atoms with Crippen molar-refractivity contribution in [2.24, 2.45) is 17.8 Å². The predicted molar refractivity (Wildman–Crippen MR) is 74.5 cm³/mol. The SMILES string of the molecule is COc1cc(O)ccc1C12CC3CC(CC(C3)C1)C2. The Hall–Kier alpha value is -1.18. The van der Waals surface area contributed by atoms with E-state index in [1.807, 2.05) is 6.07 Å². The molecule has 0 aliphatic heterocycles. The molecule has 1 N–H and O–H groups in total. The zero-order chi connectivity index (χ0) is 13.0. The second-order valence-corrected chi connectivity index (χ2v) is 7.08. The first-order chi connectivity index (χ1) is 9.18. The molecule has 0 heterocycles. The van der Waals surface area contributed by atoms with Crippen LogP contribution in [0, 0.1) is 17.8 Å². The highest BCUT2D eigenvalue weighted by Crippen LogP contribution is 2.61. The molecule has 4 aliphatic carbocycles. The molecule has 102 valence electrons. The Kier molecular flexibility index (Phi) is 2.39. The van der Waals surface area contributed by atoms with E-state index in [1.54, 1.807) is 13.2 Å². The largest absolute Gasteiger partial charge is 0.508 e. The summed E-state index contributed by atoms with van der Waals surface area (Å²) in [6, 6.07) is 5.73. The molecule has 2 nitrogen and oxygen atoms in total. The standard InChI is InChI=1S/C17H22O2/c1-19-16-7-14(18)2-3-15(16)17-8-11-4-12(9-17)6-13(5-11)10-17/h2-3,7,11-13,18H,4-6,8-10H2,1H3. The molecule has 0 aromatic heterocycles. The third-order valence-corrected chi connectivity index (χ3v) is 5.79. The number of phenolic OH excluding ortho intramolecular Hbond substituents is 1. The van der Waals surface area contributed by atoms with E-state index in [9.17, 15) is 5.11 Å². The molecular weight excluding hydrogens is 236 g/mol. The van der Waals surface area contributed by atoms with Crippen molar-refractivity contribution in [3.8, 4) is 11.5 Å². The molecule has 1 aromatic rings. The summed E-state index contributed by atoms with van der Waals surface area (Å²) >= 11 is 0. The highest BCUT2D eigenvalue weighted by molar-refractivity contribution is 5.45. The number of phenols is 1. The average Bonchev–Trinajstić information content (AvgIpc) is 2.36. The Morgan fingerprint density at radius 1 is 1.05 bits per heavy atom. The molecule has 19 heavy (non-hydrogen) atoms. The summed E-state index contributed by atoms with van der Waals surface area (Å²) in [6.07, 6.45) is 8.37. The van der Waals surface area contributed by atoms with E-state index in [0.717, 1.165) is 23.5 Å². The Bertz CT molecular complexity index is 471. The van der Waals surface area contributed by atoms with Crippen LogP contribution < -0.4 is 4.74 Å². The third-order valence-electron chi connectivity index (χ3n) is 5.79. The number of methoxy groups -OCH3 is 1. The van der Waals surface area contributed by atoms with Crippen molar-refractivity contribution in [2.75, 3.05) is 7.11 Å². The minimum atomic E-state index is 0.310. The van der Waals surface area contributed by atoms with Gasteiger partial charge in [-0.1, -0.05) is 6.07 Å². The van der Waals surface area contributed by atoms with Crippen molar-refractivity contribution in [1.82, 2.24) is 0 Å². The summed E-state index contributed by atoms with van der Waals surface area (Å²) in [7, 11) is 1.72. The molecule has 4 saturated carbocycles. The molecule has 0 saturated heterocycles. The van der Waals surface area contributed by atoms with Crippen molar-refractivity contribution in [2.45, 2.75) is 43.9 Å². The molecule has 0 spiro atoms. The van der Waals surface area contributed by atoms with Gasteiger partial charge in [0, 0.05) is 11.6 Å². The van der Waals surface area contributed by atoms with Crippen LogP contribution in [0.4, 0.5) is 0 Å². The third kappa shape index (κ3) is 1.69. The summed E-state index contributed by atoms with van der Waals surface area (Å²) in [5, 5.41) is 9.67. The summed E-state index contributed by atoms with van der Waals surface area (Å²) in [4.78, 5) is 0. The van der Waals surface area contributed by atoms with E-state index < -0.39 is 0 Å². The lowest BCUT2D eigenvalue weighted by Crippen LogP contribution is -2.48. The van der Waals surface area contributed by atoms with Gasteiger partial charge in [-0.25, -0.2) is 0 Å². The van der Waals surface area contributed by atoms with Crippen molar-refractivity contribution < 1.29 is 9.84 Å². The first-order valence-electron chi connectivity index (χ1n) is 7.56. The first kappa shape index (κ1) is 11.6. The van der Waals surface area contributed by atoms with Gasteiger partial charge >= 0.3 is 0 Å². The second kappa shape index (κ2) is 3.91. The van der Waals surface area contributed by atoms with E-state index in [0.29, 0.717) is 11.2 Å². The van der Waals surface area contributed by atoms with Gasteiger partial charge in [-0.2, -0.15) is 0 Å². The Morgan fingerprint density at radius 3 is 2.16 bits per heavy atom. The van der Waals surface area contributed by atoms with Crippen molar-refractivity contribution in [1.29, 1.82) is 0 Å². The van der Waals surface area contributed by atoms with E-state index in [1.165, 1.54) is 44.1 Å². The van der Waals surface area contributed by atoms with E-state index in [-0.39, 0.29) is 0 Å². The van der Waals surface area contributed by atoms with Gasteiger partial charge in [0.25, 0.3) is 0 Å². The molecule has 5 rings (SSSR count). The van der Waals surface area contributed by atoms with Crippen molar-refractivity contribution >= 4 is 0 Å². The molecule has 0 amide bonds. The summed E-state index contributed by atoms with van der Waals surface area (Å²) in [6.45, 7) is 0. The van der Waals surface area contributed by atoms with Gasteiger partial charge in [0.05, 0.1) is 7.11 Å². The number of aromatic hydroxyl groups is 1. The number of hydrogen-bond donors (Lipinski definition) is 1. The maximum absolute atomic E-state index is 9.67. The van der Waals surface area contributed by atoms with Gasteiger partial charge in [0.2, 0.25) is 0 Å². The van der Waals surface area contributed by atoms with Gasteiger partial charge in [0.1, 0.15) is 11.5 Å². The van der Waals surface area contributed by atoms with Crippen LogP contribution >= 0.6 is 0 Å². The van der Waals surface area contributed by atoms with Crippen LogP contribution in [0.3, 0.4) is 0 Å². The molecule has 4 aliphatic rings. The van der Waals surface area contributed by atoms with Gasteiger partial charge in [-0.3, -0.25) is 0 Å². The monoisotopic (exact) mass is 258 g/mol. The van der Waals surface area contributed by atoms with Crippen LogP contribution in [0.5, 0.6) is 11.5 Å². The quantitative estimate of drug-likeness (QED) is 0.872. The Labute approximate surface area is 114 Å². The van der Waals surface area contributed by atoms with E-state index in [2.05, 4.69) is 6.07 Å². The Morgan fingerprint density at radius 2 is 1.63 bits per heavy atom. The minimum absolute atomic E-state index is 0.310. The molecule has 1 aromatic carbocycles. The topological polar surface area (TPSA) is 29.5 Å². The molecule has 0 radical (unpaired) electrons. The predicted octanol–water partition coefficient (Wildman–Crippen LogP) is 3.87. The van der Waals surface area contributed by atoms with Crippen LogP contribution in [-0.4, -0.2) is 12.2 Å². The van der Waals surface area contributed by atoms with Crippen LogP contribution in [0.25, 0.3) is 0 Å². The number of benzene rings is 1. The number of rotatable bonds is 2. The van der Waals surface area contributed by atoms with Gasteiger partial charge in [0.15, 0.2) is 0 Å². The summed E-state index contributed by atoms with van der Waals surface area (Å²) < 4.78 is 5.56. The van der Waals surface area contributed by atoms with Crippen LogP contribution in [0.1, 0.15) is 44.1 Å². The van der Waals surface area contributed by atoms with Crippen LogP contribution in [0.2, 0.25) is 0 Å². The smallest absolute Gasteiger partial charge is 0.126 e. The van der Waals surface area contributed by atoms with Gasteiger partial charge in [-0.15, -0.1) is 0 Å². The van der Waals surface area contributed by atoms with Gasteiger partial charge in [-0.05, 0) is 67.8 Å². The lowest BCUT2D eigenvalue weighted by Gasteiger charge is -2.57. The lowest BCUT2D eigenvalue weighted by molar-refractivity contribution is -0.00617. The highest BCUT2D eigenvalue weighted by Gasteiger charge is 2.52. The fourth-order valence-corrected chi connectivity index (χ4v) is 5.56. The molecule has 4 fully saturated rings. The molecule has 2 heteroatoms. The summed E-state index contributed by atoms with van der Waals surface area (Å²) in [5.41, 5.74) is 1.69. The lowest BCUT2D eigenvalue weighted by atomic mass is 9.48. The fraction of sp³-hybridized carbons (Fsp3) is 0.647. The van der Waals surface area contributed by atoms with Gasteiger partial charge < -0.3 is 9.84 Å². The van der Waals surface area contributed by atoms with E-state index in [4.69, 9.17) is 4.74 Å². The highest BCUT2D eigenvalue weighted by atomic mass is 16.5. The number of ether oxygens (including phenoxy) is 1. The Balaban J connectivity index is 1.79.